The zero-order valence-corrected chi connectivity index (χ0v) is 26.2. The van der Waals surface area contributed by atoms with E-state index in [0.717, 1.165) is 67.7 Å². The van der Waals surface area contributed by atoms with Gasteiger partial charge in [-0.1, -0.05) is 74.2 Å². The molecule has 2 N–H and O–H groups in total. The number of fused-ring (bicyclic) bond motifs is 1. The Morgan fingerprint density at radius 1 is 0.905 bits per heavy atom. The zero-order chi connectivity index (χ0) is 28.9. The van der Waals surface area contributed by atoms with Crippen molar-refractivity contribution in [1.29, 1.82) is 0 Å². The lowest BCUT2D eigenvalue weighted by atomic mass is 10.1. The van der Waals surface area contributed by atoms with E-state index in [4.69, 9.17) is 14.7 Å². The van der Waals surface area contributed by atoms with Gasteiger partial charge in [-0.15, -0.1) is 10.2 Å². The molecule has 0 bridgehead atoms. The summed E-state index contributed by atoms with van der Waals surface area (Å²) in [4.78, 5) is 14.4. The number of nitrogens with one attached hydrogen (secondary N) is 2. The standard InChI is InChI=1S/C32H37N7OSSi/c1-42(2,3)16-15-40-21-35-30-26(32-39-38-31(41-32)23-11-7-8-12-23)18-28-29(37-30)17-25(20-34-28)36-24-13-14-27(33-19-24)22-9-5-4-6-10-22/h4-6,9-10,13-14,17-20,23,36H,7-8,11-12,15-16,21H2,1-3H3,(H,35,37). The Hall–Kier alpha value is -3.73. The van der Waals surface area contributed by atoms with Gasteiger partial charge in [-0.2, -0.15) is 0 Å². The predicted octanol–water partition coefficient (Wildman–Crippen LogP) is 8.34. The Labute approximate surface area is 252 Å². The monoisotopic (exact) mass is 595 g/mol. The van der Waals surface area contributed by atoms with E-state index in [-0.39, 0.29) is 0 Å². The maximum atomic E-state index is 5.96. The maximum absolute atomic E-state index is 5.96. The number of benzene rings is 1. The SMILES string of the molecule is C[Si](C)(C)CCOCNc1nc2cc(Nc3ccc(-c4ccccc4)nc3)cnc2cc1-c1nnc(C2CCCC2)s1. The van der Waals surface area contributed by atoms with Gasteiger partial charge in [0.25, 0.3) is 0 Å². The topological polar surface area (TPSA) is 97.7 Å². The Bertz CT molecular complexity index is 1630. The molecule has 0 spiro atoms. The average molecular weight is 596 g/mol. The van der Waals surface area contributed by atoms with Crippen LogP contribution in [0.5, 0.6) is 0 Å². The number of pyridine rings is 3. The summed E-state index contributed by atoms with van der Waals surface area (Å²) in [5, 5.41) is 18.0. The van der Waals surface area contributed by atoms with E-state index in [1.807, 2.05) is 48.8 Å². The minimum Gasteiger partial charge on any atom is -0.362 e. The molecule has 1 saturated carbocycles. The van der Waals surface area contributed by atoms with Gasteiger partial charge in [-0.05, 0) is 43.2 Å². The van der Waals surface area contributed by atoms with Crippen molar-refractivity contribution in [3.05, 3.63) is 72.0 Å². The summed E-state index contributed by atoms with van der Waals surface area (Å²) in [6.45, 7) is 8.20. The van der Waals surface area contributed by atoms with Gasteiger partial charge >= 0.3 is 0 Å². The number of hydrogen-bond acceptors (Lipinski definition) is 9. The highest BCUT2D eigenvalue weighted by Crippen LogP contribution is 2.39. The van der Waals surface area contributed by atoms with Crippen LogP contribution in [-0.4, -0.2) is 46.6 Å². The van der Waals surface area contributed by atoms with Gasteiger partial charge in [0.15, 0.2) is 5.01 Å². The maximum Gasteiger partial charge on any atom is 0.151 e. The number of nitrogens with zero attached hydrogens (tertiary/aromatic N) is 5. The Morgan fingerprint density at radius 3 is 2.48 bits per heavy atom. The van der Waals surface area contributed by atoms with Crippen LogP contribution in [0.1, 0.15) is 36.6 Å². The molecule has 216 valence electrons. The van der Waals surface area contributed by atoms with Crippen molar-refractivity contribution in [1.82, 2.24) is 25.1 Å². The summed E-state index contributed by atoms with van der Waals surface area (Å²) in [6.07, 6.45) is 8.60. The van der Waals surface area contributed by atoms with Crippen LogP contribution in [-0.2, 0) is 4.74 Å². The number of ether oxygens (including phenoxy) is 1. The van der Waals surface area contributed by atoms with Crippen LogP contribution < -0.4 is 10.6 Å². The minimum absolute atomic E-state index is 0.384. The fourth-order valence-electron chi connectivity index (χ4n) is 5.08. The van der Waals surface area contributed by atoms with Crippen molar-refractivity contribution < 1.29 is 4.74 Å². The van der Waals surface area contributed by atoms with E-state index in [2.05, 4.69) is 63.7 Å². The van der Waals surface area contributed by atoms with Crippen molar-refractivity contribution in [3.63, 3.8) is 0 Å². The number of hydrogen-bond donors (Lipinski definition) is 2. The Kier molecular flexibility index (Phi) is 8.55. The van der Waals surface area contributed by atoms with E-state index < -0.39 is 8.07 Å². The molecule has 0 unspecified atom stereocenters. The molecule has 1 aliphatic rings. The molecule has 6 rings (SSSR count). The third-order valence-electron chi connectivity index (χ3n) is 7.50. The first-order valence-corrected chi connectivity index (χ1v) is 19.2. The van der Waals surface area contributed by atoms with Crippen LogP contribution in [0.15, 0.2) is 67.0 Å². The lowest BCUT2D eigenvalue weighted by molar-refractivity contribution is 0.165. The smallest absolute Gasteiger partial charge is 0.151 e. The van der Waals surface area contributed by atoms with Crippen molar-refractivity contribution >= 4 is 47.6 Å². The fraction of sp³-hybridized carbons (Fsp3) is 0.344. The highest BCUT2D eigenvalue weighted by atomic mass is 32.1. The van der Waals surface area contributed by atoms with Crippen LogP contribution in [0.4, 0.5) is 17.2 Å². The third kappa shape index (κ3) is 7.00. The van der Waals surface area contributed by atoms with Crippen LogP contribution >= 0.6 is 11.3 Å². The van der Waals surface area contributed by atoms with Gasteiger partial charge in [0, 0.05) is 26.2 Å². The van der Waals surface area contributed by atoms with E-state index in [1.165, 1.54) is 25.7 Å². The first-order chi connectivity index (χ1) is 20.4. The molecule has 0 amide bonds. The lowest BCUT2D eigenvalue weighted by Gasteiger charge is -2.16. The third-order valence-corrected chi connectivity index (χ3v) is 10.3. The summed E-state index contributed by atoms with van der Waals surface area (Å²) in [5.41, 5.74) is 6.24. The van der Waals surface area contributed by atoms with Gasteiger partial charge in [0.2, 0.25) is 0 Å². The van der Waals surface area contributed by atoms with Crippen LogP contribution in [0.25, 0.3) is 32.9 Å². The number of aromatic nitrogens is 5. The van der Waals surface area contributed by atoms with E-state index >= 15 is 0 Å². The summed E-state index contributed by atoms with van der Waals surface area (Å²) in [7, 11) is -1.16. The quantitative estimate of drug-likeness (QED) is 0.0893. The van der Waals surface area contributed by atoms with E-state index in [9.17, 15) is 0 Å². The fourth-order valence-corrected chi connectivity index (χ4v) is 6.87. The van der Waals surface area contributed by atoms with Gasteiger partial charge in [-0.25, -0.2) is 4.98 Å². The molecule has 0 aliphatic heterocycles. The summed E-state index contributed by atoms with van der Waals surface area (Å²) in [6, 6.07) is 19.4. The molecule has 42 heavy (non-hydrogen) atoms. The van der Waals surface area contributed by atoms with Gasteiger partial charge in [-0.3, -0.25) is 9.97 Å². The second-order valence-corrected chi connectivity index (χ2v) is 18.7. The molecule has 0 radical (unpaired) electrons. The number of rotatable bonds is 11. The molecular weight excluding hydrogens is 559 g/mol. The lowest BCUT2D eigenvalue weighted by Crippen LogP contribution is -2.22. The molecule has 0 atom stereocenters. The van der Waals surface area contributed by atoms with Gasteiger partial charge in [0.1, 0.15) is 17.6 Å². The van der Waals surface area contributed by atoms with Gasteiger partial charge < -0.3 is 15.4 Å². The Morgan fingerprint density at radius 2 is 1.71 bits per heavy atom. The van der Waals surface area contributed by atoms with E-state index in [1.54, 1.807) is 11.3 Å². The largest absolute Gasteiger partial charge is 0.362 e. The van der Waals surface area contributed by atoms with Crippen molar-refractivity contribution in [3.8, 4) is 21.8 Å². The molecule has 1 fully saturated rings. The first kappa shape index (κ1) is 28.4. The van der Waals surface area contributed by atoms with Crippen LogP contribution in [0.2, 0.25) is 25.7 Å². The summed E-state index contributed by atoms with van der Waals surface area (Å²) < 4.78 is 5.96. The van der Waals surface area contributed by atoms with Crippen LogP contribution in [0, 0.1) is 0 Å². The van der Waals surface area contributed by atoms with Gasteiger partial charge in [0.05, 0.1) is 46.1 Å². The minimum atomic E-state index is -1.16. The molecule has 5 aromatic rings. The molecule has 4 heterocycles. The molecule has 1 aliphatic carbocycles. The highest BCUT2D eigenvalue weighted by molar-refractivity contribution is 7.14. The molecule has 4 aromatic heterocycles. The second kappa shape index (κ2) is 12.6. The summed E-state index contributed by atoms with van der Waals surface area (Å²) in [5.74, 6) is 1.26. The average Bonchev–Trinajstić information content (AvgIpc) is 3.70. The van der Waals surface area contributed by atoms with Crippen molar-refractivity contribution in [2.24, 2.45) is 0 Å². The first-order valence-electron chi connectivity index (χ1n) is 14.7. The van der Waals surface area contributed by atoms with Crippen LogP contribution in [0.3, 0.4) is 0 Å². The Balaban J connectivity index is 1.24. The van der Waals surface area contributed by atoms with E-state index in [0.29, 0.717) is 12.6 Å². The molecule has 1 aromatic carbocycles. The van der Waals surface area contributed by atoms with Crippen molar-refractivity contribution in [2.45, 2.75) is 57.3 Å². The highest BCUT2D eigenvalue weighted by Gasteiger charge is 2.23. The molecular formula is C32H37N7OSSi. The molecule has 8 nitrogen and oxygen atoms in total. The zero-order valence-electron chi connectivity index (χ0n) is 24.4. The predicted molar refractivity (Wildman–Crippen MR) is 175 cm³/mol. The van der Waals surface area contributed by atoms with Crippen molar-refractivity contribution in [2.75, 3.05) is 24.0 Å². The molecule has 0 saturated heterocycles. The number of anilines is 3. The molecule has 10 heteroatoms. The summed E-state index contributed by atoms with van der Waals surface area (Å²) >= 11 is 1.67. The normalized spacial score (nSPS) is 14.0. The second-order valence-electron chi connectivity index (χ2n) is 12.0.